The van der Waals surface area contributed by atoms with Crippen molar-refractivity contribution in [1.29, 1.82) is 0 Å². The van der Waals surface area contributed by atoms with Crippen molar-refractivity contribution in [3.8, 4) is 0 Å². The van der Waals surface area contributed by atoms with Crippen LogP contribution in [-0.4, -0.2) is 100 Å². The summed E-state index contributed by atoms with van der Waals surface area (Å²) >= 11 is 0. The second-order valence-electron chi connectivity index (χ2n) is 19.6. The van der Waals surface area contributed by atoms with E-state index in [0.29, 0.717) is 34.6 Å². The second-order valence-corrected chi connectivity index (χ2v) is 45.2. The highest BCUT2D eigenvalue weighted by atomic mass is 28.5. The summed E-state index contributed by atoms with van der Waals surface area (Å²) < 4.78 is 37.7. The van der Waals surface area contributed by atoms with Crippen molar-refractivity contribution in [2.75, 3.05) is 36.9 Å². The Labute approximate surface area is 353 Å². The molecule has 2 aromatic rings. The Kier molecular flexibility index (Phi) is 16.7. The molecule has 0 radical (unpaired) electrons. The molecule has 1 aliphatic carbocycles. The van der Waals surface area contributed by atoms with Gasteiger partial charge in [0, 0.05) is 47.7 Å². The molecule has 0 bridgehead atoms. The summed E-state index contributed by atoms with van der Waals surface area (Å²) in [7, 11) is -13.0. The Bertz CT molecular complexity index is 1640. The average molecular weight is 908 g/mol. The third-order valence-electron chi connectivity index (χ3n) is 8.65. The van der Waals surface area contributed by atoms with Crippen LogP contribution in [0.2, 0.25) is 104 Å². The van der Waals surface area contributed by atoms with Crippen molar-refractivity contribution < 1.29 is 45.1 Å². The number of anilines is 2. The molecular formula is C40H70N2O10Si6. The van der Waals surface area contributed by atoms with Gasteiger partial charge in [-0.1, -0.05) is 38.1 Å². The molecule has 2 N–H and O–H groups in total. The average Bonchev–Trinajstić information content (AvgIpc) is 3.03. The van der Waals surface area contributed by atoms with Crippen LogP contribution in [0.25, 0.3) is 0 Å². The van der Waals surface area contributed by atoms with E-state index >= 15 is 0 Å². The Morgan fingerprint density at radius 2 is 0.810 bits per heavy atom. The van der Waals surface area contributed by atoms with E-state index in [1.807, 2.05) is 26.9 Å². The quantitative estimate of drug-likeness (QED) is 0.0563. The van der Waals surface area contributed by atoms with Crippen LogP contribution in [0.3, 0.4) is 0 Å². The largest absolute Gasteiger partial charge is 0.464 e. The van der Waals surface area contributed by atoms with Crippen LogP contribution in [0, 0.1) is 11.8 Å². The van der Waals surface area contributed by atoms with Gasteiger partial charge in [-0.15, -0.1) is 0 Å². The van der Waals surface area contributed by atoms with Crippen LogP contribution < -0.4 is 10.6 Å². The first-order chi connectivity index (χ1) is 26.4. The number of hydrogen-bond donors (Lipinski definition) is 2. The molecule has 2 unspecified atom stereocenters. The molecule has 324 valence electrons. The van der Waals surface area contributed by atoms with Crippen molar-refractivity contribution in [2.45, 2.75) is 118 Å². The number of carbonyl (C=O) groups excluding carboxylic acids is 4. The normalized spacial score (nSPS) is 15.0. The zero-order chi connectivity index (χ0) is 44.1. The number of benzene rings is 2. The number of fused-ring (bicyclic) bond motifs is 2. The zero-order valence-electron chi connectivity index (χ0n) is 37.9. The summed E-state index contributed by atoms with van der Waals surface area (Å²) in [6, 6.07) is 11.2. The highest BCUT2D eigenvalue weighted by Gasteiger charge is 2.44. The van der Waals surface area contributed by atoms with E-state index in [1.54, 1.807) is 36.4 Å². The summed E-state index contributed by atoms with van der Waals surface area (Å²) in [6.45, 7) is 33.9. The Morgan fingerprint density at radius 3 is 1.09 bits per heavy atom. The van der Waals surface area contributed by atoms with E-state index < -0.39 is 62.2 Å². The van der Waals surface area contributed by atoms with Gasteiger partial charge >= 0.3 is 29.1 Å². The molecule has 0 heterocycles. The van der Waals surface area contributed by atoms with E-state index in [2.05, 4.69) is 89.2 Å². The number of esters is 2. The Balaban J connectivity index is 1.70. The first kappa shape index (κ1) is 49.8. The second kappa shape index (κ2) is 19.4. The number of hydrogen-bond acceptors (Lipinski definition) is 12. The number of rotatable bonds is 22. The lowest BCUT2D eigenvalue weighted by Crippen LogP contribution is -2.53. The third-order valence-corrected chi connectivity index (χ3v) is 28.1. The van der Waals surface area contributed by atoms with Crippen molar-refractivity contribution in [2.24, 2.45) is 11.8 Å². The number of nitrogens with one attached hydrogen (secondary N) is 2. The van der Waals surface area contributed by atoms with Gasteiger partial charge in [0.15, 0.2) is 44.8 Å². The first-order valence-corrected chi connectivity index (χ1v) is 39.1. The number of carbonyl (C=O) groups is 4. The van der Waals surface area contributed by atoms with E-state index in [0.717, 1.165) is 0 Å². The van der Waals surface area contributed by atoms with E-state index in [1.165, 1.54) is 0 Å². The molecule has 0 amide bonds. The summed E-state index contributed by atoms with van der Waals surface area (Å²) in [5.74, 6) is -2.10. The van der Waals surface area contributed by atoms with Gasteiger partial charge in [0.05, 0.1) is 23.0 Å². The molecule has 0 aromatic heterocycles. The minimum absolute atomic E-state index is 0.0542. The lowest BCUT2D eigenvalue weighted by molar-refractivity contribution is -0.147. The van der Waals surface area contributed by atoms with Gasteiger partial charge in [0.2, 0.25) is 0 Å². The molecule has 3 rings (SSSR count). The predicted molar refractivity (Wildman–Crippen MR) is 248 cm³/mol. The maximum absolute atomic E-state index is 14.0. The maximum Gasteiger partial charge on any atom is 0.315 e. The molecule has 0 spiro atoms. The van der Waals surface area contributed by atoms with Gasteiger partial charge in [-0.05, 0) is 104 Å². The Hall–Kier alpha value is -2.54. The summed E-state index contributed by atoms with van der Waals surface area (Å²) in [6.07, 6.45) is 0. The van der Waals surface area contributed by atoms with E-state index in [4.69, 9.17) is 25.9 Å². The monoisotopic (exact) mass is 906 g/mol. The van der Waals surface area contributed by atoms with Crippen LogP contribution in [0.15, 0.2) is 36.4 Å². The molecule has 2 atom stereocenters. The van der Waals surface area contributed by atoms with Crippen LogP contribution in [0.5, 0.6) is 0 Å². The highest BCUT2D eigenvalue weighted by molar-refractivity contribution is 6.88. The van der Waals surface area contributed by atoms with Crippen LogP contribution in [0.1, 0.15) is 45.7 Å². The third kappa shape index (κ3) is 15.5. The number of ether oxygens (including phenoxy) is 2. The van der Waals surface area contributed by atoms with E-state index in [9.17, 15) is 19.2 Å². The first-order valence-electron chi connectivity index (χ1n) is 20.4. The van der Waals surface area contributed by atoms with Gasteiger partial charge in [0.25, 0.3) is 0 Å². The fraction of sp³-hybridized carbons (Fsp3) is 0.600. The molecule has 58 heavy (non-hydrogen) atoms. The van der Waals surface area contributed by atoms with E-state index in [-0.39, 0.29) is 60.9 Å². The highest BCUT2D eigenvalue weighted by Crippen LogP contribution is 2.37. The minimum Gasteiger partial charge on any atom is -0.464 e. The molecule has 0 fully saturated rings. The molecule has 0 aliphatic heterocycles. The minimum atomic E-state index is -2.66. The van der Waals surface area contributed by atoms with Crippen molar-refractivity contribution in [1.82, 2.24) is 0 Å². The van der Waals surface area contributed by atoms with Crippen molar-refractivity contribution in [3.05, 3.63) is 58.7 Å². The molecule has 18 heteroatoms. The van der Waals surface area contributed by atoms with Gasteiger partial charge in [0.1, 0.15) is 13.2 Å². The lowest BCUT2D eigenvalue weighted by Gasteiger charge is -2.39. The summed E-state index contributed by atoms with van der Waals surface area (Å²) in [5, 5.41) is 6.48. The topological polar surface area (TPSA) is 148 Å². The van der Waals surface area contributed by atoms with Gasteiger partial charge in [-0.3, -0.25) is 19.2 Å². The maximum atomic E-state index is 14.0. The zero-order valence-corrected chi connectivity index (χ0v) is 43.9. The fourth-order valence-electron chi connectivity index (χ4n) is 7.55. The van der Waals surface area contributed by atoms with Gasteiger partial charge in [-0.2, -0.15) is 0 Å². The summed E-state index contributed by atoms with van der Waals surface area (Å²) in [5.41, 5.74) is 2.03. The SMILES string of the molecule is CC(C[Si](C)(O[Si](C)(C)C)O[Si](C)(C)C)C(=O)OCCNc1ccc(NCCOC(=O)C(C)C[Si](C)(O[Si](C)(C)C)O[Si](C)(C)C)c2c1C(=O)c1ccccc1C2=O. The number of ketones is 2. The Morgan fingerprint density at radius 1 is 0.517 bits per heavy atom. The van der Waals surface area contributed by atoms with Gasteiger partial charge < -0.3 is 36.6 Å². The van der Waals surface area contributed by atoms with Crippen molar-refractivity contribution in [3.63, 3.8) is 0 Å². The van der Waals surface area contributed by atoms with Crippen molar-refractivity contribution >= 4 is 85.3 Å². The van der Waals surface area contributed by atoms with Crippen LogP contribution >= 0.6 is 0 Å². The molecular weight excluding hydrogens is 837 g/mol. The van der Waals surface area contributed by atoms with Gasteiger partial charge in [-0.25, -0.2) is 0 Å². The molecule has 1 aliphatic rings. The lowest BCUT2D eigenvalue weighted by atomic mass is 9.82. The smallest absolute Gasteiger partial charge is 0.315 e. The van der Waals surface area contributed by atoms with Crippen LogP contribution in [-0.2, 0) is 35.5 Å². The van der Waals surface area contributed by atoms with Crippen LogP contribution in [0.4, 0.5) is 11.4 Å². The molecule has 0 saturated carbocycles. The molecule has 12 nitrogen and oxygen atoms in total. The molecule has 2 aromatic carbocycles. The standard InChI is InChI=1S/C40H70N2O10Si6/c1-29(27-57(15,49-53(3,4)5)50-54(6,7)8)39(45)47-25-23-41-33-21-22-34(36-35(33)37(43)31-19-17-18-20-32(31)38(36)44)42-24-26-48-40(46)30(2)28-58(16,51-55(9,10)11)52-56(12,13)14/h17-22,29-30,41-42H,23-28H2,1-16H3. The predicted octanol–water partition coefficient (Wildman–Crippen LogP) is 9.19. The summed E-state index contributed by atoms with van der Waals surface area (Å²) in [4.78, 5) is 54.3. The fourth-order valence-corrected chi connectivity index (χ4v) is 33.3. The molecule has 0 saturated heterocycles.